The third-order valence-electron chi connectivity index (χ3n) is 2.65. The van der Waals surface area contributed by atoms with E-state index in [0.29, 0.717) is 31.6 Å². The number of benzene rings is 1. The minimum atomic E-state index is -0.709. The van der Waals surface area contributed by atoms with Crippen molar-refractivity contribution in [2.75, 3.05) is 26.8 Å². The van der Waals surface area contributed by atoms with Crippen molar-refractivity contribution >= 4 is 11.8 Å². The first kappa shape index (κ1) is 16.1. The van der Waals surface area contributed by atoms with E-state index in [0.717, 1.165) is 0 Å². The lowest BCUT2D eigenvalue weighted by Gasteiger charge is -2.07. The minimum Gasteiger partial charge on any atom is -0.385 e. The van der Waals surface area contributed by atoms with Crippen molar-refractivity contribution < 1.29 is 18.7 Å². The van der Waals surface area contributed by atoms with Gasteiger partial charge < -0.3 is 15.4 Å². The van der Waals surface area contributed by atoms with Crippen molar-refractivity contribution in [1.29, 1.82) is 0 Å². The predicted octanol–water partition coefficient (Wildman–Crippen LogP) is 0.637. The highest BCUT2D eigenvalue weighted by molar-refractivity contribution is 6.35. The van der Waals surface area contributed by atoms with Gasteiger partial charge in [-0.15, -0.1) is 0 Å². The van der Waals surface area contributed by atoms with E-state index in [9.17, 15) is 14.0 Å². The van der Waals surface area contributed by atoms with Crippen LogP contribution in [0.5, 0.6) is 0 Å². The molecule has 0 aliphatic carbocycles. The van der Waals surface area contributed by atoms with Crippen LogP contribution in [0.3, 0.4) is 0 Å². The van der Waals surface area contributed by atoms with Gasteiger partial charge in [-0.2, -0.15) is 0 Å². The zero-order valence-electron chi connectivity index (χ0n) is 11.4. The van der Waals surface area contributed by atoms with Gasteiger partial charge in [0.25, 0.3) is 0 Å². The van der Waals surface area contributed by atoms with Crippen molar-refractivity contribution in [3.05, 3.63) is 35.6 Å². The van der Waals surface area contributed by atoms with Gasteiger partial charge in [0.2, 0.25) is 0 Å². The van der Waals surface area contributed by atoms with Crippen LogP contribution in [0.25, 0.3) is 0 Å². The van der Waals surface area contributed by atoms with Crippen LogP contribution in [0.2, 0.25) is 0 Å². The summed E-state index contributed by atoms with van der Waals surface area (Å²) >= 11 is 0. The maximum atomic E-state index is 13.3. The molecule has 0 atom stereocenters. The molecule has 0 aliphatic heterocycles. The fourth-order valence-corrected chi connectivity index (χ4v) is 1.59. The van der Waals surface area contributed by atoms with Gasteiger partial charge in [-0.3, -0.25) is 9.59 Å². The minimum absolute atomic E-state index is 0.214. The Morgan fingerprint density at radius 3 is 2.45 bits per heavy atom. The molecular formula is C14H19FN2O3. The van der Waals surface area contributed by atoms with E-state index in [4.69, 9.17) is 4.74 Å². The Labute approximate surface area is 117 Å². The lowest BCUT2D eigenvalue weighted by atomic mass is 10.1. The number of carbonyl (C=O) groups is 2. The van der Waals surface area contributed by atoms with Crippen molar-refractivity contribution in [3.8, 4) is 0 Å². The van der Waals surface area contributed by atoms with Gasteiger partial charge in [-0.1, -0.05) is 18.2 Å². The Morgan fingerprint density at radius 2 is 1.80 bits per heavy atom. The molecule has 0 unspecified atom stereocenters. The number of hydrogen-bond acceptors (Lipinski definition) is 3. The number of rotatable bonds is 7. The average Bonchev–Trinajstić information content (AvgIpc) is 2.45. The van der Waals surface area contributed by atoms with Crippen LogP contribution >= 0.6 is 0 Å². The molecule has 0 bridgehead atoms. The molecule has 5 nitrogen and oxygen atoms in total. The zero-order chi connectivity index (χ0) is 14.8. The van der Waals surface area contributed by atoms with Crippen LogP contribution in [0.4, 0.5) is 4.39 Å². The highest BCUT2D eigenvalue weighted by Gasteiger charge is 2.12. The largest absolute Gasteiger partial charge is 0.385 e. The molecule has 0 aliphatic rings. The average molecular weight is 282 g/mol. The van der Waals surface area contributed by atoms with E-state index in [1.54, 1.807) is 25.3 Å². The summed E-state index contributed by atoms with van der Waals surface area (Å²) < 4.78 is 18.1. The molecule has 1 aromatic rings. The Bertz CT molecular complexity index is 452. The quantitative estimate of drug-likeness (QED) is 0.569. The lowest BCUT2D eigenvalue weighted by molar-refractivity contribution is -0.139. The molecular weight excluding hydrogens is 263 g/mol. The highest BCUT2D eigenvalue weighted by Crippen LogP contribution is 2.05. The molecule has 1 aromatic carbocycles. The summed E-state index contributed by atoms with van der Waals surface area (Å²) in [5, 5.41) is 4.92. The Morgan fingerprint density at radius 1 is 1.15 bits per heavy atom. The van der Waals surface area contributed by atoms with E-state index < -0.39 is 11.8 Å². The van der Waals surface area contributed by atoms with Gasteiger partial charge in [-0.25, -0.2) is 4.39 Å². The van der Waals surface area contributed by atoms with Crippen molar-refractivity contribution in [2.24, 2.45) is 0 Å². The number of hydrogen-bond donors (Lipinski definition) is 2. The number of nitrogens with one attached hydrogen (secondary N) is 2. The standard InChI is InChI=1S/C14H19FN2O3/c1-20-10-4-8-16-13(18)14(19)17-9-7-11-5-2-3-6-12(11)15/h2-3,5-6H,4,7-10H2,1H3,(H,16,18)(H,17,19). The molecule has 1 rings (SSSR count). The molecule has 0 aromatic heterocycles. The molecule has 2 amide bonds. The van der Waals surface area contributed by atoms with Gasteiger partial charge in [0, 0.05) is 26.8 Å². The van der Waals surface area contributed by atoms with Crippen molar-refractivity contribution in [2.45, 2.75) is 12.8 Å². The van der Waals surface area contributed by atoms with Crippen LogP contribution in [0, 0.1) is 5.82 Å². The number of amides is 2. The van der Waals surface area contributed by atoms with Gasteiger partial charge >= 0.3 is 11.8 Å². The zero-order valence-corrected chi connectivity index (χ0v) is 11.4. The Balaban J connectivity index is 2.22. The first-order valence-corrected chi connectivity index (χ1v) is 6.43. The molecule has 0 heterocycles. The molecule has 0 radical (unpaired) electrons. The summed E-state index contributed by atoms with van der Waals surface area (Å²) in [6.07, 6.45) is 0.986. The monoisotopic (exact) mass is 282 g/mol. The van der Waals surface area contributed by atoms with Crippen LogP contribution < -0.4 is 10.6 Å². The SMILES string of the molecule is COCCCNC(=O)C(=O)NCCc1ccccc1F. The third kappa shape index (κ3) is 5.79. The van der Waals surface area contributed by atoms with Gasteiger partial charge in [-0.05, 0) is 24.5 Å². The fourth-order valence-electron chi connectivity index (χ4n) is 1.59. The van der Waals surface area contributed by atoms with E-state index >= 15 is 0 Å². The molecule has 6 heteroatoms. The lowest BCUT2D eigenvalue weighted by Crippen LogP contribution is -2.41. The molecule has 110 valence electrons. The Hall–Kier alpha value is -1.95. The smallest absolute Gasteiger partial charge is 0.309 e. The maximum Gasteiger partial charge on any atom is 0.309 e. The summed E-state index contributed by atoms with van der Waals surface area (Å²) in [5.41, 5.74) is 0.508. The summed E-state index contributed by atoms with van der Waals surface area (Å²) in [6, 6.07) is 6.33. The van der Waals surface area contributed by atoms with Crippen molar-refractivity contribution in [1.82, 2.24) is 10.6 Å². The molecule has 0 saturated heterocycles. The van der Waals surface area contributed by atoms with Crippen LogP contribution in [-0.4, -0.2) is 38.6 Å². The Kier molecular flexibility index (Phi) is 7.27. The maximum absolute atomic E-state index is 13.3. The van der Waals surface area contributed by atoms with Crippen LogP contribution in [0.15, 0.2) is 24.3 Å². The van der Waals surface area contributed by atoms with Gasteiger partial charge in [0.1, 0.15) is 5.82 Å². The number of methoxy groups -OCH3 is 1. The van der Waals surface area contributed by atoms with E-state index in [1.807, 2.05) is 0 Å². The second-order valence-corrected chi connectivity index (χ2v) is 4.20. The van der Waals surface area contributed by atoms with Crippen LogP contribution in [-0.2, 0) is 20.7 Å². The van der Waals surface area contributed by atoms with Gasteiger partial charge in [0.15, 0.2) is 0 Å². The van der Waals surface area contributed by atoms with Crippen LogP contribution in [0.1, 0.15) is 12.0 Å². The predicted molar refractivity (Wildman–Crippen MR) is 72.6 cm³/mol. The van der Waals surface area contributed by atoms with E-state index in [2.05, 4.69) is 10.6 Å². The van der Waals surface area contributed by atoms with E-state index in [-0.39, 0.29) is 12.4 Å². The molecule has 0 spiro atoms. The summed E-state index contributed by atoms with van der Waals surface area (Å²) in [4.78, 5) is 22.8. The number of ether oxygens (including phenoxy) is 1. The normalized spacial score (nSPS) is 10.1. The second-order valence-electron chi connectivity index (χ2n) is 4.20. The topological polar surface area (TPSA) is 67.4 Å². The molecule has 0 saturated carbocycles. The van der Waals surface area contributed by atoms with E-state index in [1.165, 1.54) is 6.07 Å². The van der Waals surface area contributed by atoms with Crippen molar-refractivity contribution in [3.63, 3.8) is 0 Å². The summed E-state index contributed by atoms with van der Waals surface area (Å²) in [6.45, 7) is 1.12. The number of halogens is 1. The summed E-state index contributed by atoms with van der Waals surface area (Å²) in [5.74, 6) is -1.71. The first-order chi connectivity index (χ1) is 9.65. The number of carbonyl (C=O) groups excluding carboxylic acids is 2. The second kappa shape index (κ2) is 9.03. The summed E-state index contributed by atoms with van der Waals surface area (Å²) in [7, 11) is 1.57. The highest BCUT2D eigenvalue weighted by atomic mass is 19.1. The third-order valence-corrected chi connectivity index (χ3v) is 2.65. The molecule has 0 fully saturated rings. The molecule has 2 N–H and O–H groups in total. The fraction of sp³-hybridized carbons (Fsp3) is 0.429. The molecule has 20 heavy (non-hydrogen) atoms. The van der Waals surface area contributed by atoms with Gasteiger partial charge in [0.05, 0.1) is 0 Å². The first-order valence-electron chi connectivity index (χ1n) is 6.43.